The van der Waals surface area contributed by atoms with Gasteiger partial charge in [-0.1, -0.05) is 0 Å². The van der Waals surface area contributed by atoms with Gasteiger partial charge in [0, 0.05) is 48.0 Å². The van der Waals surface area contributed by atoms with Crippen LogP contribution in [-0.2, 0) is 18.3 Å². The quantitative estimate of drug-likeness (QED) is 0.738. The van der Waals surface area contributed by atoms with E-state index < -0.39 is 11.7 Å². The molecule has 0 aliphatic carbocycles. The number of ether oxygens (including phenoxy) is 2. The highest BCUT2D eigenvalue weighted by molar-refractivity contribution is 5.96. The lowest BCUT2D eigenvalue weighted by atomic mass is 10.1. The summed E-state index contributed by atoms with van der Waals surface area (Å²) in [5.74, 6) is 1.44. The minimum Gasteiger partial charge on any atom is -0.497 e. The van der Waals surface area contributed by atoms with Crippen molar-refractivity contribution in [3.63, 3.8) is 0 Å². The molecule has 1 amide bonds. The van der Waals surface area contributed by atoms with Crippen molar-refractivity contribution in [2.75, 3.05) is 7.11 Å². The van der Waals surface area contributed by atoms with E-state index in [1.807, 2.05) is 63.7 Å². The highest BCUT2D eigenvalue weighted by Crippen LogP contribution is 2.33. The molecule has 2 aromatic heterocycles. The fourth-order valence-electron chi connectivity index (χ4n) is 3.03. The van der Waals surface area contributed by atoms with E-state index in [1.165, 1.54) is 0 Å². The molecule has 7 nitrogen and oxygen atoms in total. The number of nitrogens with zero attached hydrogens (tertiary/aromatic N) is 3. The van der Waals surface area contributed by atoms with Crippen molar-refractivity contribution in [3.05, 3.63) is 42.0 Å². The van der Waals surface area contributed by atoms with E-state index in [4.69, 9.17) is 9.47 Å². The fraction of sp³-hybridized carbons (Fsp3) is 0.381. The highest BCUT2D eigenvalue weighted by Gasteiger charge is 2.18. The van der Waals surface area contributed by atoms with Crippen molar-refractivity contribution in [2.45, 2.75) is 39.8 Å². The third-order valence-corrected chi connectivity index (χ3v) is 4.26. The predicted molar refractivity (Wildman–Crippen MR) is 108 cm³/mol. The van der Waals surface area contributed by atoms with Crippen LogP contribution in [0.2, 0.25) is 0 Å². The van der Waals surface area contributed by atoms with Crippen molar-refractivity contribution < 1.29 is 14.3 Å². The summed E-state index contributed by atoms with van der Waals surface area (Å²) in [6, 6.07) is 5.94. The number of methoxy groups -OCH3 is 1. The molecule has 1 N–H and O–H groups in total. The topological polar surface area (TPSA) is 78.3 Å². The number of amides is 1. The Kier molecular flexibility index (Phi) is 5.27. The summed E-state index contributed by atoms with van der Waals surface area (Å²) in [5.41, 5.74) is 3.07. The van der Waals surface area contributed by atoms with Gasteiger partial charge >= 0.3 is 6.09 Å². The SMILES string of the molecule is COc1ccc2c(c1)c(-c1nc(C)ncc1CNC(=O)OC(C)(C)C)cn2C. The van der Waals surface area contributed by atoms with Gasteiger partial charge in [-0.3, -0.25) is 0 Å². The highest BCUT2D eigenvalue weighted by atomic mass is 16.6. The van der Waals surface area contributed by atoms with E-state index in [-0.39, 0.29) is 6.54 Å². The number of rotatable bonds is 4. The number of fused-ring (bicyclic) bond motifs is 1. The maximum atomic E-state index is 12.1. The van der Waals surface area contributed by atoms with Crippen LogP contribution in [0.3, 0.4) is 0 Å². The van der Waals surface area contributed by atoms with Crippen LogP contribution >= 0.6 is 0 Å². The predicted octanol–water partition coefficient (Wildman–Crippen LogP) is 3.98. The van der Waals surface area contributed by atoms with E-state index in [9.17, 15) is 4.79 Å². The van der Waals surface area contributed by atoms with Crippen molar-refractivity contribution in [2.24, 2.45) is 7.05 Å². The first-order valence-electron chi connectivity index (χ1n) is 9.11. The maximum Gasteiger partial charge on any atom is 0.407 e. The number of alkyl carbamates (subject to hydrolysis) is 1. The first-order chi connectivity index (χ1) is 13.2. The van der Waals surface area contributed by atoms with Crippen molar-refractivity contribution in [1.29, 1.82) is 0 Å². The average molecular weight is 382 g/mol. The first-order valence-corrected chi connectivity index (χ1v) is 9.11. The molecule has 0 aliphatic rings. The van der Waals surface area contributed by atoms with E-state index in [0.717, 1.165) is 33.5 Å². The molecule has 3 aromatic rings. The molecule has 28 heavy (non-hydrogen) atoms. The molecule has 0 saturated heterocycles. The Bertz CT molecular complexity index is 1020. The molecule has 1 aromatic carbocycles. The standard InChI is InChI=1S/C21H26N4O3/c1-13-22-10-14(11-23-20(26)28-21(2,3)4)19(24-13)17-12-25(5)18-8-7-15(27-6)9-16(17)18/h7-10,12H,11H2,1-6H3,(H,23,26). The second-order valence-electron chi connectivity index (χ2n) is 7.68. The molecule has 0 aliphatic heterocycles. The first kappa shape index (κ1) is 19.7. The van der Waals surface area contributed by atoms with Gasteiger partial charge in [0.25, 0.3) is 0 Å². The number of aryl methyl sites for hydroxylation is 2. The zero-order valence-corrected chi connectivity index (χ0v) is 17.2. The van der Waals surface area contributed by atoms with Gasteiger partial charge in [0.1, 0.15) is 17.2 Å². The number of carbonyl (C=O) groups excluding carboxylic acids is 1. The van der Waals surface area contributed by atoms with Crippen LogP contribution in [0.4, 0.5) is 4.79 Å². The van der Waals surface area contributed by atoms with Gasteiger partial charge in [0.05, 0.1) is 12.8 Å². The summed E-state index contributed by atoms with van der Waals surface area (Å²) in [4.78, 5) is 21.0. The van der Waals surface area contributed by atoms with Gasteiger partial charge in [-0.2, -0.15) is 0 Å². The van der Waals surface area contributed by atoms with Gasteiger partial charge < -0.3 is 19.4 Å². The van der Waals surface area contributed by atoms with Crippen molar-refractivity contribution in [1.82, 2.24) is 19.9 Å². The summed E-state index contributed by atoms with van der Waals surface area (Å²) in [5, 5.41) is 3.82. The second kappa shape index (κ2) is 7.50. The summed E-state index contributed by atoms with van der Waals surface area (Å²) in [6.45, 7) is 7.61. The third-order valence-electron chi connectivity index (χ3n) is 4.26. The average Bonchev–Trinajstić information content (AvgIpc) is 2.95. The summed E-state index contributed by atoms with van der Waals surface area (Å²) in [7, 11) is 3.64. The Balaban J connectivity index is 2.00. The molecule has 0 atom stereocenters. The lowest BCUT2D eigenvalue weighted by molar-refractivity contribution is 0.0523. The molecular formula is C21H26N4O3. The molecule has 2 heterocycles. The lowest BCUT2D eigenvalue weighted by Crippen LogP contribution is -2.32. The molecular weight excluding hydrogens is 356 g/mol. The zero-order chi connectivity index (χ0) is 20.5. The third kappa shape index (κ3) is 4.24. The molecule has 7 heteroatoms. The Morgan fingerprint density at radius 2 is 2.04 bits per heavy atom. The molecule has 0 saturated carbocycles. The number of hydrogen-bond donors (Lipinski definition) is 1. The van der Waals surface area contributed by atoms with Crippen molar-refractivity contribution >= 4 is 17.0 Å². The van der Waals surface area contributed by atoms with Crippen molar-refractivity contribution in [3.8, 4) is 17.0 Å². The van der Waals surface area contributed by atoms with Gasteiger partial charge in [-0.05, 0) is 45.9 Å². The molecule has 0 fully saturated rings. The van der Waals surface area contributed by atoms with Gasteiger partial charge in [0.2, 0.25) is 0 Å². The minimum absolute atomic E-state index is 0.269. The van der Waals surface area contributed by atoms with Crippen LogP contribution in [0.5, 0.6) is 5.75 Å². The Morgan fingerprint density at radius 3 is 2.71 bits per heavy atom. The molecule has 148 valence electrons. The number of benzene rings is 1. The second-order valence-corrected chi connectivity index (χ2v) is 7.68. The van der Waals surface area contributed by atoms with Crippen LogP contribution in [0.15, 0.2) is 30.6 Å². The number of carbonyl (C=O) groups is 1. The summed E-state index contributed by atoms with van der Waals surface area (Å²) < 4.78 is 12.8. The Hall–Kier alpha value is -3.09. The van der Waals surface area contributed by atoms with Gasteiger partial charge in [0.15, 0.2) is 0 Å². The number of hydrogen-bond acceptors (Lipinski definition) is 5. The minimum atomic E-state index is -0.553. The molecule has 0 unspecified atom stereocenters. The van der Waals surface area contributed by atoms with Crippen LogP contribution in [-0.4, -0.2) is 33.3 Å². The largest absolute Gasteiger partial charge is 0.497 e. The Morgan fingerprint density at radius 1 is 1.29 bits per heavy atom. The van der Waals surface area contributed by atoms with E-state index in [2.05, 4.69) is 15.3 Å². The normalized spacial score (nSPS) is 11.5. The fourth-order valence-corrected chi connectivity index (χ4v) is 3.03. The smallest absolute Gasteiger partial charge is 0.407 e. The van der Waals surface area contributed by atoms with Crippen LogP contribution in [0, 0.1) is 6.92 Å². The lowest BCUT2D eigenvalue weighted by Gasteiger charge is -2.20. The van der Waals surface area contributed by atoms with Gasteiger partial charge in [-0.15, -0.1) is 0 Å². The summed E-state index contributed by atoms with van der Waals surface area (Å²) in [6.07, 6.45) is 3.30. The number of aromatic nitrogens is 3. The molecule has 3 rings (SSSR count). The van der Waals surface area contributed by atoms with E-state index in [0.29, 0.717) is 5.82 Å². The van der Waals surface area contributed by atoms with Crippen LogP contribution in [0.1, 0.15) is 32.2 Å². The molecule has 0 radical (unpaired) electrons. The van der Waals surface area contributed by atoms with Gasteiger partial charge in [-0.25, -0.2) is 14.8 Å². The van der Waals surface area contributed by atoms with E-state index in [1.54, 1.807) is 13.3 Å². The monoisotopic (exact) mass is 382 g/mol. The van der Waals surface area contributed by atoms with E-state index >= 15 is 0 Å². The molecule has 0 spiro atoms. The Labute approximate surface area is 164 Å². The maximum absolute atomic E-state index is 12.1. The summed E-state index contributed by atoms with van der Waals surface area (Å²) >= 11 is 0. The zero-order valence-electron chi connectivity index (χ0n) is 17.2. The molecule has 0 bridgehead atoms. The van der Waals surface area contributed by atoms with Crippen LogP contribution in [0.25, 0.3) is 22.2 Å². The van der Waals surface area contributed by atoms with Crippen LogP contribution < -0.4 is 10.1 Å². The number of nitrogens with one attached hydrogen (secondary N) is 1.